The molecule has 37 heavy (non-hydrogen) atoms. The molecule has 0 saturated carbocycles. The van der Waals surface area contributed by atoms with Crippen molar-refractivity contribution in [2.24, 2.45) is 10.8 Å². The highest BCUT2D eigenvalue weighted by molar-refractivity contribution is 6.32. The second-order valence-electron chi connectivity index (χ2n) is 8.62. The molecule has 4 N–H and O–H groups in total. The van der Waals surface area contributed by atoms with Gasteiger partial charge in [-0.2, -0.15) is 5.10 Å². The lowest BCUT2D eigenvalue weighted by molar-refractivity contribution is -0.134. The van der Waals surface area contributed by atoms with E-state index in [0.717, 1.165) is 35.8 Å². The van der Waals surface area contributed by atoms with Gasteiger partial charge < -0.3 is 25.2 Å². The first kappa shape index (κ1) is 26.4. The lowest BCUT2D eigenvalue weighted by Gasteiger charge is -2.25. The Morgan fingerprint density at radius 2 is 2.03 bits per heavy atom. The molecule has 4 rings (SSSR count). The number of ether oxygens (including phenoxy) is 2. The van der Waals surface area contributed by atoms with Crippen molar-refractivity contribution < 1.29 is 24.2 Å². The Morgan fingerprint density at radius 3 is 2.76 bits per heavy atom. The zero-order valence-corrected chi connectivity index (χ0v) is 21.0. The monoisotopic (exact) mass is 524 g/mol. The van der Waals surface area contributed by atoms with E-state index in [4.69, 9.17) is 26.8 Å². The fourth-order valence-electron chi connectivity index (χ4n) is 4.14. The number of aromatic hydroxyl groups is 1. The zero-order valence-electron chi connectivity index (χ0n) is 20.2. The van der Waals surface area contributed by atoms with Crippen LogP contribution in [0.3, 0.4) is 0 Å². The van der Waals surface area contributed by atoms with Crippen LogP contribution >= 0.6 is 11.6 Å². The minimum atomic E-state index is -0.467. The van der Waals surface area contributed by atoms with Gasteiger partial charge in [-0.25, -0.2) is 5.43 Å². The second-order valence-corrected chi connectivity index (χ2v) is 9.02. The number of fused-ring (bicyclic) bond motifs is 1. The predicted molar refractivity (Wildman–Crippen MR) is 142 cm³/mol. The van der Waals surface area contributed by atoms with Gasteiger partial charge in [0.25, 0.3) is 11.8 Å². The molecule has 1 fully saturated rings. The maximum absolute atomic E-state index is 12.9. The van der Waals surface area contributed by atoms with Crippen LogP contribution in [-0.2, 0) is 9.53 Å². The SMILES string of the molecule is NCCN(CC1CCCO1)C(=O)COc1ccc(/C=N/NC(=O)c2ccc(O)c(Cl)c2)c2ccccc12. The number of carbonyl (C=O) groups is 2. The van der Waals surface area contributed by atoms with E-state index in [9.17, 15) is 14.7 Å². The highest BCUT2D eigenvalue weighted by Crippen LogP contribution is 2.28. The molecule has 1 heterocycles. The van der Waals surface area contributed by atoms with Crippen molar-refractivity contribution >= 4 is 40.4 Å². The maximum atomic E-state index is 12.9. The third-order valence-electron chi connectivity index (χ3n) is 6.05. The minimum absolute atomic E-state index is 0.0430. The number of carbonyl (C=O) groups excluding carboxylic acids is 2. The number of phenolic OH excluding ortho intramolecular Hbond substituents is 1. The summed E-state index contributed by atoms with van der Waals surface area (Å²) in [5, 5.41) is 15.3. The van der Waals surface area contributed by atoms with E-state index in [1.165, 1.54) is 24.4 Å². The Kier molecular flexibility index (Phi) is 8.95. The van der Waals surface area contributed by atoms with Crippen molar-refractivity contribution in [3.63, 3.8) is 0 Å². The van der Waals surface area contributed by atoms with Gasteiger partial charge in [0.05, 0.1) is 17.3 Å². The molecule has 0 aromatic heterocycles. The van der Waals surface area contributed by atoms with Crippen LogP contribution in [0.2, 0.25) is 5.02 Å². The molecule has 0 spiro atoms. The normalized spacial score (nSPS) is 15.2. The molecule has 2 amide bonds. The van der Waals surface area contributed by atoms with Crippen LogP contribution in [0.4, 0.5) is 0 Å². The summed E-state index contributed by atoms with van der Waals surface area (Å²) in [6.07, 6.45) is 3.51. The molecule has 0 radical (unpaired) electrons. The van der Waals surface area contributed by atoms with Gasteiger partial charge in [0.1, 0.15) is 11.5 Å². The van der Waals surface area contributed by atoms with Crippen molar-refractivity contribution in [2.75, 3.05) is 32.8 Å². The van der Waals surface area contributed by atoms with Gasteiger partial charge in [0.2, 0.25) is 0 Å². The molecule has 1 unspecified atom stereocenters. The van der Waals surface area contributed by atoms with Gasteiger partial charge in [-0.3, -0.25) is 9.59 Å². The Hall–Kier alpha value is -3.66. The van der Waals surface area contributed by atoms with Crippen LogP contribution in [0.1, 0.15) is 28.8 Å². The standard InChI is InChI=1S/C27H29ClN4O5/c28-23-14-18(7-9-24(23)33)27(35)31-30-15-19-8-10-25(22-6-2-1-5-21(19)22)37-17-26(34)32(12-11-29)16-20-4-3-13-36-20/h1-2,5-10,14-15,20,33H,3-4,11-13,16-17,29H2,(H,31,35)/b30-15+. The molecule has 9 nitrogen and oxygen atoms in total. The number of hydrogen-bond donors (Lipinski definition) is 3. The number of phenols is 1. The summed E-state index contributed by atoms with van der Waals surface area (Å²) in [6, 6.07) is 15.3. The number of hydrogen-bond acceptors (Lipinski definition) is 7. The summed E-state index contributed by atoms with van der Waals surface area (Å²) in [5.74, 6) is -0.153. The third kappa shape index (κ3) is 6.76. The highest BCUT2D eigenvalue weighted by atomic mass is 35.5. The van der Waals surface area contributed by atoms with Gasteiger partial charge in [-0.05, 0) is 48.6 Å². The molecule has 3 aromatic rings. The number of nitrogens with one attached hydrogen (secondary N) is 1. The minimum Gasteiger partial charge on any atom is -0.506 e. The Bertz CT molecular complexity index is 1290. The van der Waals surface area contributed by atoms with Gasteiger partial charge in [-0.1, -0.05) is 35.9 Å². The average Bonchev–Trinajstić information content (AvgIpc) is 3.42. The van der Waals surface area contributed by atoms with Crippen molar-refractivity contribution in [1.82, 2.24) is 10.3 Å². The summed E-state index contributed by atoms with van der Waals surface area (Å²) >= 11 is 5.87. The topological polar surface area (TPSA) is 126 Å². The van der Waals surface area contributed by atoms with Gasteiger partial charge in [0, 0.05) is 42.8 Å². The highest BCUT2D eigenvalue weighted by Gasteiger charge is 2.22. The van der Waals surface area contributed by atoms with E-state index in [-0.39, 0.29) is 35.0 Å². The van der Waals surface area contributed by atoms with Gasteiger partial charge >= 0.3 is 0 Å². The van der Waals surface area contributed by atoms with E-state index in [1.54, 1.807) is 17.0 Å². The van der Waals surface area contributed by atoms with Gasteiger partial charge in [-0.15, -0.1) is 0 Å². The smallest absolute Gasteiger partial charge is 0.271 e. The van der Waals surface area contributed by atoms with Crippen LogP contribution < -0.4 is 15.9 Å². The quantitative estimate of drug-likeness (QED) is 0.276. The summed E-state index contributed by atoms with van der Waals surface area (Å²) in [5.41, 5.74) is 9.19. The first-order valence-electron chi connectivity index (χ1n) is 12.0. The molecule has 194 valence electrons. The molecule has 3 aromatic carbocycles. The molecule has 10 heteroatoms. The molecular weight excluding hydrogens is 496 g/mol. The van der Waals surface area contributed by atoms with E-state index in [2.05, 4.69) is 10.5 Å². The Morgan fingerprint density at radius 1 is 1.22 bits per heavy atom. The first-order chi connectivity index (χ1) is 18.0. The summed E-state index contributed by atoms with van der Waals surface area (Å²) in [4.78, 5) is 26.9. The Labute approximate surface area is 219 Å². The molecule has 1 aliphatic rings. The van der Waals surface area contributed by atoms with E-state index in [0.29, 0.717) is 25.4 Å². The second kappa shape index (κ2) is 12.5. The van der Waals surface area contributed by atoms with Crippen LogP contribution in [0.5, 0.6) is 11.5 Å². The number of nitrogens with two attached hydrogens (primary N) is 1. The lowest BCUT2D eigenvalue weighted by atomic mass is 10.0. The molecule has 1 aliphatic heterocycles. The number of amides is 2. The van der Waals surface area contributed by atoms with Crippen molar-refractivity contribution in [2.45, 2.75) is 18.9 Å². The van der Waals surface area contributed by atoms with Crippen LogP contribution in [-0.4, -0.2) is 67.0 Å². The van der Waals surface area contributed by atoms with Crippen LogP contribution in [0, 0.1) is 0 Å². The van der Waals surface area contributed by atoms with Crippen molar-refractivity contribution in [3.05, 3.63) is 70.7 Å². The Balaban J connectivity index is 1.43. The van der Waals surface area contributed by atoms with E-state index < -0.39 is 5.91 Å². The number of rotatable bonds is 10. The van der Waals surface area contributed by atoms with E-state index in [1.807, 2.05) is 24.3 Å². The fourth-order valence-corrected chi connectivity index (χ4v) is 4.33. The predicted octanol–water partition coefficient (Wildman–Crippen LogP) is 3.31. The molecule has 1 saturated heterocycles. The zero-order chi connectivity index (χ0) is 26.2. The van der Waals surface area contributed by atoms with E-state index >= 15 is 0 Å². The fraction of sp³-hybridized carbons (Fsp3) is 0.296. The first-order valence-corrected chi connectivity index (χ1v) is 12.4. The third-order valence-corrected chi connectivity index (χ3v) is 6.35. The number of hydrazone groups is 1. The molecular formula is C27H29ClN4O5. The van der Waals surface area contributed by atoms with Gasteiger partial charge in [0.15, 0.2) is 6.61 Å². The molecule has 0 aliphatic carbocycles. The number of nitrogens with zero attached hydrogens (tertiary/aromatic N) is 2. The maximum Gasteiger partial charge on any atom is 0.271 e. The van der Waals surface area contributed by atoms with Crippen LogP contribution in [0.25, 0.3) is 10.8 Å². The molecule has 0 bridgehead atoms. The number of benzene rings is 3. The van der Waals surface area contributed by atoms with Crippen molar-refractivity contribution in [3.8, 4) is 11.5 Å². The average molecular weight is 525 g/mol. The van der Waals surface area contributed by atoms with Crippen LogP contribution in [0.15, 0.2) is 59.7 Å². The lowest BCUT2D eigenvalue weighted by Crippen LogP contribution is -2.42. The largest absolute Gasteiger partial charge is 0.506 e. The summed E-state index contributed by atoms with van der Waals surface area (Å²) in [6.45, 7) is 1.93. The summed E-state index contributed by atoms with van der Waals surface area (Å²) < 4.78 is 11.6. The van der Waals surface area contributed by atoms with Crippen molar-refractivity contribution in [1.29, 1.82) is 0 Å². The number of halogens is 1. The summed E-state index contributed by atoms with van der Waals surface area (Å²) in [7, 11) is 0. The molecule has 1 atom stereocenters.